The molecule has 1 heterocycles. The molecule has 0 aromatic heterocycles. The van der Waals surface area contributed by atoms with Crippen LogP contribution >= 0.6 is 0 Å². The summed E-state index contributed by atoms with van der Waals surface area (Å²) in [5.74, 6) is 1.26. The summed E-state index contributed by atoms with van der Waals surface area (Å²) in [6.45, 7) is 10.9. The summed E-state index contributed by atoms with van der Waals surface area (Å²) in [5.41, 5.74) is 1.94. The minimum Gasteiger partial charge on any atom is -0.332 e. The van der Waals surface area contributed by atoms with Gasteiger partial charge in [-0.05, 0) is 43.2 Å². The number of rotatable bonds is 3. The Morgan fingerprint density at radius 2 is 1.55 bits per heavy atom. The quantitative estimate of drug-likeness (QED) is 0.805. The molecule has 1 aromatic carbocycles. The van der Waals surface area contributed by atoms with E-state index in [1.165, 1.54) is 0 Å². The number of carbonyl (C=O) groups is 1. The third-order valence-electron chi connectivity index (χ3n) is 4.62. The maximum Gasteiger partial charge on any atom is 0.254 e. The molecule has 0 spiro atoms. The second kappa shape index (κ2) is 5.99. The number of aryl methyl sites for hydroxylation is 1. The Bertz CT molecular complexity index is 462. The standard InChI is InChI=1S/C18H27NO/c1-12(2)16-10-11-17(13(3)4)19(16)18(20)15-9-7-6-8-14(15)5/h6-9,12-13,16-17H,10-11H2,1-5H3/t16-,17+. The molecular formula is C18H27NO. The van der Waals surface area contributed by atoms with Crippen LogP contribution in [0, 0.1) is 18.8 Å². The Kier molecular flexibility index (Phi) is 4.52. The third-order valence-corrected chi connectivity index (χ3v) is 4.62. The van der Waals surface area contributed by atoms with Crippen molar-refractivity contribution >= 4 is 5.91 Å². The molecule has 2 heteroatoms. The van der Waals surface area contributed by atoms with Crippen molar-refractivity contribution in [3.63, 3.8) is 0 Å². The van der Waals surface area contributed by atoms with E-state index in [-0.39, 0.29) is 5.91 Å². The van der Waals surface area contributed by atoms with Gasteiger partial charge in [-0.15, -0.1) is 0 Å². The van der Waals surface area contributed by atoms with Crippen molar-refractivity contribution in [1.82, 2.24) is 4.90 Å². The van der Waals surface area contributed by atoms with Gasteiger partial charge in [0, 0.05) is 17.6 Å². The van der Waals surface area contributed by atoms with E-state index in [1.54, 1.807) is 0 Å². The van der Waals surface area contributed by atoms with Gasteiger partial charge in [0.15, 0.2) is 0 Å². The number of likely N-dealkylation sites (tertiary alicyclic amines) is 1. The molecule has 1 amide bonds. The zero-order chi connectivity index (χ0) is 14.9. The highest BCUT2D eigenvalue weighted by molar-refractivity contribution is 5.96. The van der Waals surface area contributed by atoms with Gasteiger partial charge in [-0.1, -0.05) is 45.9 Å². The van der Waals surface area contributed by atoms with Gasteiger partial charge in [0.1, 0.15) is 0 Å². The van der Waals surface area contributed by atoms with Crippen LogP contribution in [-0.4, -0.2) is 22.9 Å². The largest absolute Gasteiger partial charge is 0.332 e. The number of hydrogen-bond donors (Lipinski definition) is 0. The Hall–Kier alpha value is -1.31. The zero-order valence-corrected chi connectivity index (χ0v) is 13.4. The van der Waals surface area contributed by atoms with E-state index in [1.807, 2.05) is 31.2 Å². The van der Waals surface area contributed by atoms with Crippen molar-refractivity contribution in [2.45, 2.75) is 59.5 Å². The van der Waals surface area contributed by atoms with E-state index in [9.17, 15) is 4.79 Å². The van der Waals surface area contributed by atoms with Crippen LogP contribution in [-0.2, 0) is 0 Å². The van der Waals surface area contributed by atoms with E-state index in [0.717, 1.165) is 24.0 Å². The summed E-state index contributed by atoms with van der Waals surface area (Å²) < 4.78 is 0. The second-order valence-corrected chi connectivity index (χ2v) is 6.73. The van der Waals surface area contributed by atoms with Gasteiger partial charge in [0.25, 0.3) is 5.91 Å². The van der Waals surface area contributed by atoms with Crippen molar-refractivity contribution in [2.75, 3.05) is 0 Å². The van der Waals surface area contributed by atoms with Crippen LogP contribution in [0.15, 0.2) is 24.3 Å². The SMILES string of the molecule is Cc1ccccc1C(=O)N1[C@@H](C(C)C)CC[C@H]1C(C)C. The summed E-state index contributed by atoms with van der Waals surface area (Å²) in [4.78, 5) is 15.2. The Balaban J connectivity index is 2.35. The Morgan fingerprint density at radius 1 is 1.05 bits per heavy atom. The Morgan fingerprint density at radius 3 is 2.00 bits per heavy atom. The normalized spacial score (nSPS) is 22.9. The van der Waals surface area contributed by atoms with Crippen LogP contribution in [0.4, 0.5) is 0 Å². The minimum atomic E-state index is 0.220. The number of nitrogens with zero attached hydrogens (tertiary/aromatic N) is 1. The van der Waals surface area contributed by atoms with Gasteiger partial charge >= 0.3 is 0 Å². The molecule has 0 saturated carbocycles. The molecule has 110 valence electrons. The molecule has 0 unspecified atom stereocenters. The van der Waals surface area contributed by atoms with E-state index in [2.05, 4.69) is 32.6 Å². The lowest BCUT2D eigenvalue weighted by Crippen LogP contribution is -2.45. The molecule has 1 fully saturated rings. The molecule has 1 aromatic rings. The molecule has 2 rings (SSSR count). The predicted octanol–water partition coefficient (Wildman–Crippen LogP) is 4.28. The first-order chi connectivity index (χ1) is 9.43. The van der Waals surface area contributed by atoms with Gasteiger partial charge in [0.2, 0.25) is 0 Å². The molecule has 2 atom stereocenters. The molecule has 2 nitrogen and oxygen atoms in total. The summed E-state index contributed by atoms with van der Waals surface area (Å²) in [6.07, 6.45) is 2.27. The van der Waals surface area contributed by atoms with Crippen molar-refractivity contribution in [2.24, 2.45) is 11.8 Å². The predicted molar refractivity (Wildman–Crippen MR) is 83.8 cm³/mol. The van der Waals surface area contributed by atoms with Crippen LogP contribution in [0.25, 0.3) is 0 Å². The van der Waals surface area contributed by atoms with Crippen LogP contribution < -0.4 is 0 Å². The molecule has 0 aliphatic carbocycles. The smallest absolute Gasteiger partial charge is 0.254 e. The monoisotopic (exact) mass is 273 g/mol. The molecule has 0 N–H and O–H groups in total. The highest BCUT2D eigenvalue weighted by atomic mass is 16.2. The van der Waals surface area contributed by atoms with Crippen molar-refractivity contribution < 1.29 is 4.79 Å². The summed E-state index contributed by atoms with van der Waals surface area (Å²) in [7, 11) is 0. The van der Waals surface area contributed by atoms with Gasteiger partial charge in [-0.3, -0.25) is 4.79 Å². The summed E-state index contributed by atoms with van der Waals surface area (Å²) in [6, 6.07) is 8.72. The van der Waals surface area contributed by atoms with E-state index >= 15 is 0 Å². The number of hydrogen-bond acceptors (Lipinski definition) is 1. The van der Waals surface area contributed by atoms with Crippen LogP contribution in [0.2, 0.25) is 0 Å². The van der Waals surface area contributed by atoms with Gasteiger partial charge in [-0.25, -0.2) is 0 Å². The molecule has 20 heavy (non-hydrogen) atoms. The maximum absolute atomic E-state index is 13.0. The fourth-order valence-corrected chi connectivity index (χ4v) is 3.43. The van der Waals surface area contributed by atoms with Crippen LogP contribution in [0.5, 0.6) is 0 Å². The van der Waals surface area contributed by atoms with E-state index in [0.29, 0.717) is 23.9 Å². The molecule has 1 aliphatic rings. The van der Waals surface area contributed by atoms with Gasteiger partial charge in [0.05, 0.1) is 0 Å². The van der Waals surface area contributed by atoms with Crippen molar-refractivity contribution in [3.8, 4) is 0 Å². The minimum absolute atomic E-state index is 0.220. The topological polar surface area (TPSA) is 20.3 Å². The molecular weight excluding hydrogens is 246 g/mol. The number of benzene rings is 1. The highest BCUT2D eigenvalue weighted by Crippen LogP contribution is 2.34. The maximum atomic E-state index is 13.0. The zero-order valence-electron chi connectivity index (χ0n) is 13.4. The van der Waals surface area contributed by atoms with Crippen molar-refractivity contribution in [3.05, 3.63) is 35.4 Å². The lowest BCUT2D eigenvalue weighted by Gasteiger charge is -2.35. The van der Waals surface area contributed by atoms with Crippen molar-refractivity contribution in [1.29, 1.82) is 0 Å². The first kappa shape index (κ1) is 15.1. The molecule has 0 radical (unpaired) electrons. The van der Waals surface area contributed by atoms with E-state index < -0.39 is 0 Å². The molecule has 1 saturated heterocycles. The van der Waals surface area contributed by atoms with Gasteiger partial charge in [-0.2, -0.15) is 0 Å². The van der Waals surface area contributed by atoms with E-state index in [4.69, 9.17) is 0 Å². The van der Waals surface area contributed by atoms with Crippen LogP contribution in [0.3, 0.4) is 0 Å². The summed E-state index contributed by atoms with van der Waals surface area (Å²) >= 11 is 0. The lowest BCUT2D eigenvalue weighted by molar-refractivity contribution is 0.0575. The lowest BCUT2D eigenvalue weighted by atomic mass is 10.00. The second-order valence-electron chi connectivity index (χ2n) is 6.73. The highest BCUT2D eigenvalue weighted by Gasteiger charge is 2.40. The average molecular weight is 273 g/mol. The number of carbonyl (C=O) groups excluding carboxylic acids is 1. The van der Waals surface area contributed by atoms with Crippen LogP contribution in [0.1, 0.15) is 56.5 Å². The molecule has 1 aliphatic heterocycles. The fourth-order valence-electron chi connectivity index (χ4n) is 3.43. The molecule has 0 bridgehead atoms. The number of amides is 1. The Labute approximate surface area is 123 Å². The third kappa shape index (κ3) is 2.74. The average Bonchev–Trinajstić information content (AvgIpc) is 2.83. The summed E-state index contributed by atoms with van der Waals surface area (Å²) in [5, 5.41) is 0. The fraction of sp³-hybridized carbons (Fsp3) is 0.611. The van der Waals surface area contributed by atoms with Gasteiger partial charge < -0.3 is 4.90 Å². The first-order valence-electron chi connectivity index (χ1n) is 7.81. The first-order valence-corrected chi connectivity index (χ1v) is 7.81.